The molecule has 1 saturated carbocycles. The van der Waals surface area contributed by atoms with Crippen LogP contribution < -0.4 is 15.2 Å². The number of piperazine rings is 1. The van der Waals surface area contributed by atoms with E-state index in [0.717, 1.165) is 56.0 Å². The molecular weight excluding hydrogens is 416 g/mol. The number of hydrogen-bond donors (Lipinski definition) is 1. The number of ether oxygens (including phenoxy) is 1. The molecule has 1 aromatic carbocycles. The number of methoxy groups -OCH3 is 1. The summed E-state index contributed by atoms with van der Waals surface area (Å²) >= 11 is 0. The number of aromatic nitrogens is 4. The molecule has 8 heteroatoms. The van der Waals surface area contributed by atoms with Gasteiger partial charge in [-0.05, 0) is 32.0 Å². The Morgan fingerprint density at radius 3 is 2.45 bits per heavy atom. The summed E-state index contributed by atoms with van der Waals surface area (Å²) < 4.78 is 7.49. The molecule has 5 rings (SSSR count). The number of aryl methyl sites for hydroxylation is 1. The molecule has 0 atom stereocenters. The Labute approximate surface area is 194 Å². The molecule has 0 spiro atoms. The van der Waals surface area contributed by atoms with Gasteiger partial charge in [0.15, 0.2) is 5.65 Å². The van der Waals surface area contributed by atoms with Crippen molar-refractivity contribution in [3.05, 3.63) is 34.2 Å². The summed E-state index contributed by atoms with van der Waals surface area (Å²) in [6.45, 7) is 4.05. The summed E-state index contributed by atoms with van der Waals surface area (Å²) in [5.41, 5.74) is 3.34. The second-order valence-corrected chi connectivity index (χ2v) is 9.49. The highest BCUT2D eigenvalue weighted by Gasteiger charge is 2.25. The fraction of sp³-hybridized carbons (Fsp3) is 0.560. The van der Waals surface area contributed by atoms with Gasteiger partial charge in [0.1, 0.15) is 17.0 Å². The first-order valence-electron chi connectivity index (χ1n) is 12.1. The van der Waals surface area contributed by atoms with E-state index in [1.807, 2.05) is 19.2 Å². The second-order valence-electron chi connectivity index (χ2n) is 9.49. The first-order chi connectivity index (χ1) is 16.0. The number of likely N-dealkylation sites (N-methyl/N-ethyl adjacent to an activating group) is 1. The fourth-order valence-electron chi connectivity index (χ4n) is 5.29. The number of anilines is 1. The average molecular weight is 451 g/mol. The van der Waals surface area contributed by atoms with Gasteiger partial charge in [0.25, 0.3) is 5.56 Å². The highest BCUT2D eigenvalue weighted by Crippen LogP contribution is 2.35. The summed E-state index contributed by atoms with van der Waals surface area (Å²) in [6, 6.07) is 6.14. The third-order valence-corrected chi connectivity index (χ3v) is 7.27. The number of aromatic amines is 1. The molecule has 2 aromatic heterocycles. The Hall–Kier alpha value is -2.87. The van der Waals surface area contributed by atoms with Gasteiger partial charge in [0.05, 0.1) is 18.4 Å². The predicted molar refractivity (Wildman–Crippen MR) is 131 cm³/mol. The SMILES string of the molecule is COc1cc(N2CCN(C)CC2)ccc1-c1nc2c(c(C3CCCCCC3)nn2C)c(=O)[nH]1. The van der Waals surface area contributed by atoms with E-state index >= 15 is 0 Å². The number of H-pyrrole nitrogens is 1. The van der Waals surface area contributed by atoms with Gasteiger partial charge in [0.2, 0.25) is 0 Å². The van der Waals surface area contributed by atoms with E-state index in [2.05, 4.69) is 27.9 Å². The van der Waals surface area contributed by atoms with Gasteiger partial charge < -0.3 is 19.5 Å². The lowest BCUT2D eigenvalue weighted by atomic mass is 9.95. The van der Waals surface area contributed by atoms with Crippen molar-refractivity contribution in [2.24, 2.45) is 7.05 Å². The van der Waals surface area contributed by atoms with Crippen molar-refractivity contribution in [2.45, 2.75) is 44.4 Å². The van der Waals surface area contributed by atoms with Gasteiger partial charge in [-0.2, -0.15) is 5.10 Å². The molecule has 1 N–H and O–H groups in total. The van der Waals surface area contributed by atoms with E-state index in [4.69, 9.17) is 14.8 Å². The lowest BCUT2D eigenvalue weighted by Gasteiger charge is -2.34. The van der Waals surface area contributed by atoms with Crippen LogP contribution in [0.1, 0.15) is 50.1 Å². The van der Waals surface area contributed by atoms with E-state index in [1.165, 1.54) is 25.7 Å². The molecule has 8 nitrogen and oxygen atoms in total. The maximum Gasteiger partial charge on any atom is 0.262 e. The molecule has 1 aliphatic carbocycles. The Kier molecular flexibility index (Phi) is 6.10. The second kappa shape index (κ2) is 9.17. The van der Waals surface area contributed by atoms with Crippen LogP contribution in [-0.4, -0.2) is 65.0 Å². The smallest absolute Gasteiger partial charge is 0.262 e. The third-order valence-electron chi connectivity index (χ3n) is 7.27. The van der Waals surface area contributed by atoms with Crippen LogP contribution in [0.5, 0.6) is 5.75 Å². The minimum Gasteiger partial charge on any atom is -0.496 e. The lowest BCUT2D eigenvalue weighted by Crippen LogP contribution is -2.44. The molecule has 0 bridgehead atoms. The average Bonchev–Trinajstić information content (AvgIpc) is 2.99. The van der Waals surface area contributed by atoms with E-state index in [1.54, 1.807) is 11.8 Å². The molecular formula is C25H34N6O2. The Morgan fingerprint density at radius 1 is 1.03 bits per heavy atom. The quantitative estimate of drug-likeness (QED) is 0.613. The van der Waals surface area contributed by atoms with Crippen molar-refractivity contribution in [3.8, 4) is 17.1 Å². The van der Waals surface area contributed by atoms with Crippen LogP contribution in [0.15, 0.2) is 23.0 Å². The van der Waals surface area contributed by atoms with Crippen LogP contribution in [0.2, 0.25) is 0 Å². The van der Waals surface area contributed by atoms with Gasteiger partial charge in [-0.15, -0.1) is 0 Å². The first kappa shape index (κ1) is 21.9. The molecule has 33 heavy (non-hydrogen) atoms. The Bertz CT molecular complexity index is 1180. The van der Waals surface area contributed by atoms with E-state index in [-0.39, 0.29) is 5.56 Å². The van der Waals surface area contributed by atoms with Crippen molar-refractivity contribution in [3.63, 3.8) is 0 Å². The van der Waals surface area contributed by atoms with E-state index < -0.39 is 0 Å². The minimum absolute atomic E-state index is 0.118. The van der Waals surface area contributed by atoms with Crippen molar-refractivity contribution in [1.82, 2.24) is 24.6 Å². The van der Waals surface area contributed by atoms with Crippen molar-refractivity contribution in [1.29, 1.82) is 0 Å². The molecule has 3 aromatic rings. The zero-order valence-corrected chi connectivity index (χ0v) is 19.9. The third kappa shape index (κ3) is 4.24. The molecule has 0 unspecified atom stereocenters. The summed E-state index contributed by atoms with van der Waals surface area (Å²) in [4.78, 5) is 25.9. The van der Waals surface area contributed by atoms with E-state index in [9.17, 15) is 4.79 Å². The molecule has 176 valence electrons. The number of fused-ring (bicyclic) bond motifs is 1. The monoisotopic (exact) mass is 450 g/mol. The van der Waals surface area contributed by atoms with Gasteiger partial charge in [-0.1, -0.05) is 25.7 Å². The van der Waals surface area contributed by atoms with E-state index in [0.29, 0.717) is 28.5 Å². The molecule has 2 fully saturated rings. The summed E-state index contributed by atoms with van der Waals surface area (Å²) in [5, 5.41) is 5.41. The standard InChI is InChI=1S/C25H34N6O2/c1-29-12-14-31(15-13-29)18-10-11-19(20(16-18)33-3)23-26-24-21(25(32)27-23)22(28-30(24)2)17-8-6-4-5-7-9-17/h10-11,16-17H,4-9,12-15H2,1-3H3,(H,26,27,32). The molecule has 1 aliphatic heterocycles. The molecule has 3 heterocycles. The zero-order chi connectivity index (χ0) is 22.9. The largest absolute Gasteiger partial charge is 0.496 e. The molecule has 0 radical (unpaired) electrons. The maximum atomic E-state index is 13.3. The highest BCUT2D eigenvalue weighted by molar-refractivity contribution is 5.81. The Morgan fingerprint density at radius 2 is 1.76 bits per heavy atom. The topological polar surface area (TPSA) is 79.3 Å². The maximum absolute atomic E-state index is 13.3. The van der Waals surface area contributed by atoms with Crippen molar-refractivity contribution >= 4 is 16.7 Å². The van der Waals surface area contributed by atoms with Crippen LogP contribution in [0.25, 0.3) is 22.4 Å². The number of rotatable bonds is 4. The number of nitrogens with zero attached hydrogens (tertiary/aromatic N) is 5. The van der Waals surface area contributed by atoms with Crippen LogP contribution in [0.4, 0.5) is 5.69 Å². The van der Waals surface area contributed by atoms with Crippen LogP contribution >= 0.6 is 0 Å². The Balaban J connectivity index is 1.52. The first-order valence-corrected chi connectivity index (χ1v) is 12.1. The predicted octanol–water partition coefficient (Wildman–Crippen LogP) is 3.52. The number of hydrogen-bond acceptors (Lipinski definition) is 6. The normalized spacial score (nSPS) is 18.6. The number of nitrogens with one attached hydrogen (secondary N) is 1. The van der Waals surface area contributed by atoms with Gasteiger partial charge in [-0.3, -0.25) is 4.79 Å². The van der Waals surface area contributed by atoms with Gasteiger partial charge >= 0.3 is 0 Å². The van der Waals surface area contributed by atoms with Crippen LogP contribution in [0.3, 0.4) is 0 Å². The lowest BCUT2D eigenvalue weighted by molar-refractivity contribution is 0.312. The number of benzene rings is 1. The molecule has 2 aliphatic rings. The summed E-state index contributed by atoms with van der Waals surface area (Å²) in [7, 11) is 5.70. The van der Waals surface area contributed by atoms with Gasteiger partial charge in [-0.25, -0.2) is 9.67 Å². The highest BCUT2D eigenvalue weighted by atomic mass is 16.5. The summed E-state index contributed by atoms with van der Waals surface area (Å²) in [5.74, 6) is 1.56. The van der Waals surface area contributed by atoms with Crippen LogP contribution in [0, 0.1) is 0 Å². The van der Waals surface area contributed by atoms with Gasteiger partial charge in [0, 0.05) is 50.9 Å². The zero-order valence-electron chi connectivity index (χ0n) is 19.9. The van der Waals surface area contributed by atoms with Crippen molar-refractivity contribution < 1.29 is 4.74 Å². The summed E-state index contributed by atoms with van der Waals surface area (Å²) in [6.07, 6.45) is 7.11. The minimum atomic E-state index is -0.118. The fourth-order valence-corrected chi connectivity index (χ4v) is 5.29. The van der Waals surface area contributed by atoms with Crippen molar-refractivity contribution in [2.75, 3.05) is 45.2 Å². The van der Waals surface area contributed by atoms with Crippen LogP contribution in [-0.2, 0) is 7.05 Å². The molecule has 0 amide bonds. The molecule has 1 saturated heterocycles.